The molecule has 0 radical (unpaired) electrons. The number of alkyl halides is 3. The number of carbonyl (C=O) groups is 1. The van der Waals surface area contributed by atoms with Gasteiger partial charge >= 0.3 is 12.1 Å². The minimum Gasteiger partial charge on any atom is -0.475 e. The summed E-state index contributed by atoms with van der Waals surface area (Å²) in [7, 11) is 0. The molecule has 0 amide bonds. The van der Waals surface area contributed by atoms with Crippen LogP contribution in [-0.2, 0) is 6.18 Å². The number of carboxylic acid groups (broad SMARTS) is 1. The standard InChI is InChI=1S/C11H7F3N2O2/c1-5-3-2-4-6-7(5)15-9(10(17)18)16-8(6)11(12,13)14/h2-4H,1H3,(H,17,18). The molecular weight excluding hydrogens is 249 g/mol. The minimum atomic E-state index is -4.72. The van der Waals surface area contributed by atoms with E-state index in [1.165, 1.54) is 12.1 Å². The molecule has 1 aromatic carbocycles. The Hall–Kier alpha value is -2.18. The molecular formula is C11H7F3N2O2. The van der Waals surface area contributed by atoms with Gasteiger partial charge in [0.2, 0.25) is 5.82 Å². The second kappa shape index (κ2) is 3.94. The Morgan fingerprint density at radius 3 is 2.50 bits per heavy atom. The molecule has 0 atom stereocenters. The molecule has 0 spiro atoms. The average Bonchev–Trinajstić information content (AvgIpc) is 2.27. The van der Waals surface area contributed by atoms with Crippen molar-refractivity contribution in [1.82, 2.24) is 9.97 Å². The SMILES string of the molecule is Cc1cccc2c(C(F)(F)F)nc(C(=O)O)nc12. The molecule has 2 rings (SSSR count). The molecule has 1 heterocycles. The molecule has 18 heavy (non-hydrogen) atoms. The second-order valence-electron chi connectivity index (χ2n) is 3.67. The van der Waals surface area contributed by atoms with E-state index >= 15 is 0 Å². The van der Waals surface area contributed by atoms with Crippen LogP contribution in [0.3, 0.4) is 0 Å². The summed E-state index contributed by atoms with van der Waals surface area (Å²) in [6.45, 7) is 1.56. The Bertz CT molecular complexity index is 638. The molecule has 2 aromatic rings. The number of hydrogen-bond donors (Lipinski definition) is 1. The maximum atomic E-state index is 12.8. The third kappa shape index (κ3) is 1.99. The first kappa shape index (κ1) is 12.3. The Balaban J connectivity index is 2.91. The minimum absolute atomic E-state index is 0.00257. The number of fused-ring (bicyclic) bond motifs is 1. The van der Waals surface area contributed by atoms with Crippen LogP contribution in [0, 0.1) is 6.92 Å². The van der Waals surface area contributed by atoms with Crippen molar-refractivity contribution in [2.24, 2.45) is 0 Å². The number of carboxylic acids is 1. The largest absolute Gasteiger partial charge is 0.475 e. The lowest BCUT2D eigenvalue weighted by Crippen LogP contribution is -2.15. The lowest BCUT2D eigenvalue weighted by molar-refractivity contribution is -0.139. The quantitative estimate of drug-likeness (QED) is 0.851. The average molecular weight is 256 g/mol. The fraction of sp³-hybridized carbons (Fsp3) is 0.182. The number of hydrogen-bond acceptors (Lipinski definition) is 3. The normalized spacial score (nSPS) is 11.8. The Kier molecular flexibility index (Phi) is 2.68. The van der Waals surface area contributed by atoms with Gasteiger partial charge in [-0.2, -0.15) is 13.2 Å². The number of aromatic carboxylic acids is 1. The van der Waals surface area contributed by atoms with Crippen molar-refractivity contribution >= 4 is 16.9 Å². The van der Waals surface area contributed by atoms with Crippen molar-refractivity contribution in [1.29, 1.82) is 0 Å². The van der Waals surface area contributed by atoms with Gasteiger partial charge in [-0.05, 0) is 12.5 Å². The van der Waals surface area contributed by atoms with Crippen molar-refractivity contribution in [2.45, 2.75) is 13.1 Å². The van der Waals surface area contributed by atoms with Crippen LogP contribution in [0.2, 0.25) is 0 Å². The molecule has 1 N–H and O–H groups in total. The zero-order valence-corrected chi connectivity index (χ0v) is 9.12. The second-order valence-corrected chi connectivity index (χ2v) is 3.67. The molecule has 0 aliphatic carbocycles. The van der Waals surface area contributed by atoms with Crippen molar-refractivity contribution in [2.75, 3.05) is 0 Å². The van der Waals surface area contributed by atoms with Gasteiger partial charge in [0.05, 0.1) is 5.52 Å². The van der Waals surface area contributed by atoms with Gasteiger partial charge in [-0.15, -0.1) is 0 Å². The maximum Gasteiger partial charge on any atom is 0.434 e. The Morgan fingerprint density at radius 2 is 1.94 bits per heavy atom. The molecule has 0 aliphatic rings. The zero-order chi connectivity index (χ0) is 13.5. The predicted octanol–water partition coefficient (Wildman–Crippen LogP) is 2.66. The van der Waals surface area contributed by atoms with Gasteiger partial charge in [0, 0.05) is 5.39 Å². The summed E-state index contributed by atoms with van der Waals surface area (Å²) in [5.74, 6) is -2.45. The van der Waals surface area contributed by atoms with E-state index in [1.807, 2.05) is 0 Å². The highest BCUT2D eigenvalue weighted by Gasteiger charge is 2.36. The third-order valence-electron chi connectivity index (χ3n) is 2.39. The van der Waals surface area contributed by atoms with E-state index in [-0.39, 0.29) is 10.9 Å². The molecule has 1 aromatic heterocycles. The van der Waals surface area contributed by atoms with E-state index in [4.69, 9.17) is 5.11 Å². The summed E-state index contributed by atoms with van der Waals surface area (Å²) < 4.78 is 38.4. The summed E-state index contributed by atoms with van der Waals surface area (Å²) in [5.41, 5.74) is -0.770. The van der Waals surface area contributed by atoms with Crippen LogP contribution in [0.15, 0.2) is 18.2 Å². The number of aromatic nitrogens is 2. The van der Waals surface area contributed by atoms with Gasteiger partial charge < -0.3 is 5.11 Å². The van der Waals surface area contributed by atoms with Crippen LogP contribution in [0.4, 0.5) is 13.2 Å². The van der Waals surface area contributed by atoms with Crippen molar-refractivity contribution in [3.05, 3.63) is 35.3 Å². The molecule has 0 unspecified atom stereocenters. The molecule has 0 saturated heterocycles. The molecule has 4 nitrogen and oxygen atoms in total. The molecule has 7 heteroatoms. The number of rotatable bonds is 1. The summed E-state index contributed by atoms with van der Waals surface area (Å²) in [4.78, 5) is 17.5. The molecule has 0 saturated carbocycles. The highest BCUT2D eigenvalue weighted by molar-refractivity contribution is 5.90. The lowest BCUT2D eigenvalue weighted by atomic mass is 10.1. The van der Waals surface area contributed by atoms with Crippen LogP contribution in [-0.4, -0.2) is 21.0 Å². The summed E-state index contributed by atoms with van der Waals surface area (Å²) in [6, 6.07) is 4.22. The first-order valence-corrected chi connectivity index (χ1v) is 4.88. The molecule has 94 valence electrons. The monoisotopic (exact) mass is 256 g/mol. The van der Waals surface area contributed by atoms with Crippen LogP contribution >= 0.6 is 0 Å². The van der Waals surface area contributed by atoms with Crippen LogP contribution in [0.1, 0.15) is 21.9 Å². The summed E-state index contributed by atoms with van der Waals surface area (Å²) >= 11 is 0. The fourth-order valence-corrected chi connectivity index (χ4v) is 1.61. The van der Waals surface area contributed by atoms with E-state index in [0.29, 0.717) is 5.56 Å². The smallest absolute Gasteiger partial charge is 0.434 e. The lowest BCUT2D eigenvalue weighted by Gasteiger charge is -2.10. The van der Waals surface area contributed by atoms with E-state index in [1.54, 1.807) is 13.0 Å². The van der Waals surface area contributed by atoms with Gasteiger partial charge in [0.15, 0.2) is 5.69 Å². The number of para-hydroxylation sites is 1. The Labute approximate surface area is 99.1 Å². The summed E-state index contributed by atoms with van der Waals surface area (Å²) in [5, 5.41) is 8.53. The zero-order valence-electron chi connectivity index (χ0n) is 9.12. The van der Waals surface area contributed by atoms with Gasteiger partial charge in [-0.1, -0.05) is 18.2 Å². The van der Waals surface area contributed by atoms with Gasteiger partial charge in [-0.25, -0.2) is 14.8 Å². The topological polar surface area (TPSA) is 63.1 Å². The van der Waals surface area contributed by atoms with Crippen LogP contribution in [0.5, 0.6) is 0 Å². The predicted molar refractivity (Wildman–Crippen MR) is 56.2 cm³/mol. The van der Waals surface area contributed by atoms with Gasteiger partial charge in [0.1, 0.15) is 0 Å². The van der Waals surface area contributed by atoms with Gasteiger partial charge in [-0.3, -0.25) is 0 Å². The highest BCUT2D eigenvalue weighted by atomic mass is 19.4. The molecule has 0 fully saturated rings. The number of halogens is 3. The number of benzene rings is 1. The van der Waals surface area contributed by atoms with E-state index in [2.05, 4.69) is 9.97 Å². The van der Waals surface area contributed by atoms with E-state index in [9.17, 15) is 18.0 Å². The summed E-state index contributed by atoms with van der Waals surface area (Å²) in [6.07, 6.45) is -4.72. The maximum absolute atomic E-state index is 12.8. The van der Waals surface area contributed by atoms with E-state index < -0.39 is 23.7 Å². The first-order valence-electron chi connectivity index (χ1n) is 4.88. The van der Waals surface area contributed by atoms with Crippen molar-refractivity contribution in [3.8, 4) is 0 Å². The van der Waals surface area contributed by atoms with E-state index in [0.717, 1.165) is 0 Å². The third-order valence-corrected chi connectivity index (χ3v) is 2.39. The molecule has 0 bridgehead atoms. The molecule has 0 aliphatic heterocycles. The first-order chi connectivity index (χ1) is 8.30. The number of aryl methyl sites for hydroxylation is 1. The van der Waals surface area contributed by atoms with Crippen LogP contribution < -0.4 is 0 Å². The van der Waals surface area contributed by atoms with Gasteiger partial charge in [0.25, 0.3) is 0 Å². The van der Waals surface area contributed by atoms with Crippen molar-refractivity contribution < 1.29 is 23.1 Å². The Morgan fingerprint density at radius 1 is 1.28 bits per heavy atom. The van der Waals surface area contributed by atoms with Crippen LogP contribution in [0.25, 0.3) is 10.9 Å². The number of nitrogens with zero attached hydrogens (tertiary/aromatic N) is 2. The fourth-order valence-electron chi connectivity index (χ4n) is 1.61. The highest BCUT2D eigenvalue weighted by Crippen LogP contribution is 2.33. The van der Waals surface area contributed by atoms with Crippen molar-refractivity contribution in [3.63, 3.8) is 0 Å².